The molecular formula is C11H15BO3. The Morgan fingerprint density at radius 2 is 2.00 bits per heavy atom. The van der Waals surface area contributed by atoms with Gasteiger partial charge in [0.25, 0.3) is 0 Å². The van der Waals surface area contributed by atoms with Gasteiger partial charge in [-0.2, -0.15) is 0 Å². The summed E-state index contributed by atoms with van der Waals surface area (Å²) in [5.74, 6) is 0.616. The van der Waals surface area contributed by atoms with Gasteiger partial charge in [-0.3, -0.25) is 0 Å². The van der Waals surface area contributed by atoms with E-state index in [2.05, 4.69) is 6.58 Å². The van der Waals surface area contributed by atoms with Crippen molar-refractivity contribution >= 4 is 18.7 Å². The summed E-state index contributed by atoms with van der Waals surface area (Å²) in [5, 5.41) is 18.1. The Morgan fingerprint density at radius 3 is 2.47 bits per heavy atom. The fourth-order valence-electron chi connectivity index (χ4n) is 1.25. The van der Waals surface area contributed by atoms with E-state index in [-0.39, 0.29) is 6.10 Å². The van der Waals surface area contributed by atoms with E-state index >= 15 is 0 Å². The first-order valence-corrected chi connectivity index (χ1v) is 4.83. The summed E-state index contributed by atoms with van der Waals surface area (Å²) < 4.78 is 5.48. The van der Waals surface area contributed by atoms with Crippen LogP contribution in [0.5, 0.6) is 5.75 Å². The van der Waals surface area contributed by atoms with Crippen LogP contribution >= 0.6 is 0 Å². The van der Waals surface area contributed by atoms with Crippen molar-refractivity contribution in [2.75, 3.05) is 0 Å². The van der Waals surface area contributed by atoms with Crippen LogP contribution < -0.4 is 10.2 Å². The molecule has 1 aromatic carbocycles. The van der Waals surface area contributed by atoms with Gasteiger partial charge >= 0.3 is 7.12 Å². The van der Waals surface area contributed by atoms with Gasteiger partial charge in [0.05, 0.1) is 6.10 Å². The van der Waals surface area contributed by atoms with Crippen molar-refractivity contribution in [1.82, 2.24) is 0 Å². The molecule has 0 amide bonds. The Morgan fingerprint density at radius 1 is 1.33 bits per heavy atom. The molecule has 0 radical (unpaired) electrons. The molecule has 3 nitrogen and oxygen atoms in total. The molecule has 0 atom stereocenters. The van der Waals surface area contributed by atoms with Gasteiger partial charge < -0.3 is 14.8 Å². The second kappa shape index (κ2) is 5.00. The SMILES string of the molecule is C=Cc1cc(OC(C)C)cc(B(O)O)c1. The molecule has 15 heavy (non-hydrogen) atoms. The lowest BCUT2D eigenvalue weighted by molar-refractivity contribution is 0.242. The molecule has 0 aromatic heterocycles. The van der Waals surface area contributed by atoms with Gasteiger partial charge in [0.15, 0.2) is 0 Å². The second-order valence-electron chi connectivity index (χ2n) is 3.58. The van der Waals surface area contributed by atoms with Crippen LogP contribution in [0.4, 0.5) is 0 Å². The molecule has 0 aliphatic rings. The highest BCUT2D eigenvalue weighted by Gasteiger charge is 2.13. The smallest absolute Gasteiger partial charge is 0.488 e. The molecule has 0 bridgehead atoms. The van der Waals surface area contributed by atoms with Crippen molar-refractivity contribution in [3.05, 3.63) is 30.3 Å². The molecule has 0 heterocycles. The first-order chi connectivity index (χ1) is 7.02. The van der Waals surface area contributed by atoms with Crippen LogP contribution in [-0.2, 0) is 0 Å². The highest BCUT2D eigenvalue weighted by Crippen LogP contribution is 2.14. The Labute approximate surface area is 90.2 Å². The lowest BCUT2D eigenvalue weighted by atomic mass is 9.79. The largest absolute Gasteiger partial charge is 0.491 e. The minimum absolute atomic E-state index is 0.0498. The molecule has 0 saturated heterocycles. The van der Waals surface area contributed by atoms with Gasteiger partial charge in [-0.15, -0.1) is 0 Å². The lowest BCUT2D eigenvalue weighted by Gasteiger charge is -2.12. The van der Waals surface area contributed by atoms with Crippen LogP contribution in [0.2, 0.25) is 0 Å². The van der Waals surface area contributed by atoms with Crippen molar-refractivity contribution < 1.29 is 14.8 Å². The fraction of sp³-hybridized carbons (Fsp3) is 0.273. The molecular weight excluding hydrogens is 191 g/mol. The molecule has 0 unspecified atom stereocenters. The minimum atomic E-state index is -1.49. The van der Waals surface area contributed by atoms with E-state index in [1.807, 2.05) is 13.8 Å². The van der Waals surface area contributed by atoms with E-state index in [1.54, 1.807) is 24.3 Å². The molecule has 0 aliphatic heterocycles. The number of hydrogen-bond acceptors (Lipinski definition) is 3. The molecule has 0 fully saturated rings. The Kier molecular flexibility index (Phi) is 3.94. The van der Waals surface area contributed by atoms with Crippen LogP contribution in [0, 0.1) is 0 Å². The molecule has 2 N–H and O–H groups in total. The average molecular weight is 206 g/mol. The van der Waals surface area contributed by atoms with Crippen LogP contribution in [-0.4, -0.2) is 23.3 Å². The Balaban J connectivity index is 3.05. The predicted molar refractivity (Wildman–Crippen MR) is 62.1 cm³/mol. The van der Waals surface area contributed by atoms with Gasteiger partial charge in [-0.1, -0.05) is 18.7 Å². The van der Waals surface area contributed by atoms with E-state index in [4.69, 9.17) is 14.8 Å². The molecule has 0 aliphatic carbocycles. The number of rotatable bonds is 4. The van der Waals surface area contributed by atoms with Crippen molar-refractivity contribution in [2.24, 2.45) is 0 Å². The minimum Gasteiger partial charge on any atom is -0.491 e. The first kappa shape index (κ1) is 11.8. The summed E-state index contributed by atoms with van der Waals surface area (Å²) in [6, 6.07) is 5.07. The van der Waals surface area contributed by atoms with E-state index in [0.29, 0.717) is 11.2 Å². The first-order valence-electron chi connectivity index (χ1n) is 4.83. The van der Waals surface area contributed by atoms with Gasteiger partial charge in [-0.05, 0) is 37.0 Å². The van der Waals surface area contributed by atoms with Crippen molar-refractivity contribution in [3.63, 3.8) is 0 Å². The van der Waals surface area contributed by atoms with E-state index in [0.717, 1.165) is 5.56 Å². The number of hydrogen-bond donors (Lipinski definition) is 2. The van der Waals surface area contributed by atoms with Crippen molar-refractivity contribution in [3.8, 4) is 5.75 Å². The van der Waals surface area contributed by atoms with Crippen LogP contribution in [0.25, 0.3) is 6.08 Å². The van der Waals surface area contributed by atoms with Crippen molar-refractivity contribution in [1.29, 1.82) is 0 Å². The topological polar surface area (TPSA) is 49.7 Å². The van der Waals surface area contributed by atoms with Crippen molar-refractivity contribution in [2.45, 2.75) is 20.0 Å². The summed E-state index contributed by atoms with van der Waals surface area (Å²) in [6.45, 7) is 7.46. The summed E-state index contributed by atoms with van der Waals surface area (Å²) in [5.41, 5.74) is 1.21. The molecule has 1 aromatic rings. The maximum Gasteiger partial charge on any atom is 0.488 e. The number of ether oxygens (including phenoxy) is 1. The summed E-state index contributed by atoms with van der Waals surface area (Å²) in [4.78, 5) is 0. The zero-order valence-electron chi connectivity index (χ0n) is 8.97. The third-order valence-corrected chi connectivity index (χ3v) is 1.86. The van der Waals surface area contributed by atoms with E-state index in [1.165, 1.54) is 0 Å². The maximum absolute atomic E-state index is 9.07. The van der Waals surface area contributed by atoms with Gasteiger partial charge in [0.1, 0.15) is 5.75 Å². The Bertz CT molecular complexity index is 348. The monoisotopic (exact) mass is 206 g/mol. The maximum atomic E-state index is 9.07. The van der Waals surface area contributed by atoms with E-state index < -0.39 is 7.12 Å². The molecule has 0 spiro atoms. The quantitative estimate of drug-likeness (QED) is 0.716. The van der Waals surface area contributed by atoms with Gasteiger partial charge in [0.2, 0.25) is 0 Å². The third-order valence-electron chi connectivity index (χ3n) is 1.86. The van der Waals surface area contributed by atoms with Gasteiger partial charge in [0, 0.05) is 0 Å². The Hall–Kier alpha value is -1.26. The van der Waals surface area contributed by atoms with Crippen LogP contribution in [0.1, 0.15) is 19.4 Å². The van der Waals surface area contributed by atoms with Crippen LogP contribution in [0.15, 0.2) is 24.8 Å². The highest BCUT2D eigenvalue weighted by atomic mass is 16.5. The highest BCUT2D eigenvalue weighted by molar-refractivity contribution is 6.58. The molecule has 0 saturated carbocycles. The zero-order valence-corrected chi connectivity index (χ0v) is 8.97. The summed E-state index contributed by atoms with van der Waals surface area (Å²) in [7, 11) is -1.49. The lowest BCUT2D eigenvalue weighted by Crippen LogP contribution is -2.30. The van der Waals surface area contributed by atoms with Gasteiger partial charge in [-0.25, -0.2) is 0 Å². The summed E-state index contributed by atoms with van der Waals surface area (Å²) >= 11 is 0. The second-order valence-corrected chi connectivity index (χ2v) is 3.58. The molecule has 80 valence electrons. The van der Waals surface area contributed by atoms with E-state index in [9.17, 15) is 0 Å². The fourth-order valence-corrected chi connectivity index (χ4v) is 1.25. The predicted octanol–water partition coefficient (Wildman–Crippen LogP) is 0.797. The summed E-state index contributed by atoms with van der Waals surface area (Å²) in [6.07, 6.45) is 1.69. The molecule has 1 rings (SSSR count). The zero-order chi connectivity index (χ0) is 11.4. The average Bonchev–Trinajstić information content (AvgIpc) is 2.16. The standard InChI is InChI=1S/C11H15BO3/c1-4-9-5-10(12(13)14)7-11(6-9)15-8(2)3/h4-8,13-14H,1H2,2-3H3. The number of benzene rings is 1. The normalized spacial score (nSPS) is 10.2. The molecule has 4 heteroatoms. The van der Waals surface area contributed by atoms with Crippen LogP contribution in [0.3, 0.4) is 0 Å². The third kappa shape index (κ3) is 3.42.